The molecule has 0 aromatic heterocycles. The highest BCUT2D eigenvalue weighted by atomic mass is 19.1. The lowest BCUT2D eigenvalue weighted by Gasteiger charge is -2.12. The molecule has 0 fully saturated rings. The number of methoxy groups -OCH3 is 1. The van der Waals surface area contributed by atoms with E-state index >= 15 is 0 Å². The monoisotopic (exact) mass is 289 g/mol. The van der Waals surface area contributed by atoms with Crippen molar-refractivity contribution in [3.63, 3.8) is 0 Å². The highest BCUT2D eigenvalue weighted by Gasteiger charge is 2.10. The van der Waals surface area contributed by atoms with Crippen LogP contribution in [0.2, 0.25) is 0 Å². The van der Waals surface area contributed by atoms with Crippen molar-refractivity contribution in [2.45, 2.75) is 13.5 Å². The lowest BCUT2D eigenvalue weighted by molar-refractivity contribution is 0.0696. The number of benzene rings is 2. The third-order valence-electron chi connectivity index (χ3n) is 3.26. The van der Waals surface area contributed by atoms with Crippen LogP contribution in [-0.2, 0) is 6.54 Å². The van der Waals surface area contributed by atoms with Crippen LogP contribution in [0.25, 0.3) is 0 Å². The topological polar surface area (TPSA) is 58.6 Å². The molecule has 0 heterocycles. The van der Waals surface area contributed by atoms with Gasteiger partial charge in [0.15, 0.2) is 11.6 Å². The number of ether oxygens (including phenoxy) is 1. The zero-order chi connectivity index (χ0) is 15.4. The number of aromatic carboxylic acids is 1. The number of nitrogens with one attached hydrogen (secondary N) is 1. The molecule has 0 unspecified atom stereocenters. The van der Waals surface area contributed by atoms with Crippen molar-refractivity contribution in [1.82, 2.24) is 0 Å². The maximum absolute atomic E-state index is 13.6. The van der Waals surface area contributed by atoms with Crippen molar-refractivity contribution in [3.05, 3.63) is 58.9 Å². The molecule has 0 aliphatic carbocycles. The van der Waals surface area contributed by atoms with Gasteiger partial charge in [-0.3, -0.25) is 0 Å². The molecule has 2 aromatic carbocycles. The summed E-state index contributed by atoms with van der Waals surface area (Å²) in [5, 5.41) is 12.2. The highest BCUT2D eigenvalue weighted by Crippen LogP contribution is 2.21. The van der Waals surface area contributed by atoms with Crippen LogP contribution in [-0.4, -0.2) is 18.2 Å². The Kier molecular flexibility index (Phi) is 4.42. The number of carbonyl (C=O) groups is 1. The Labute approximate surface area is 122 Å². The van der Waals surface area contributed by atoms with Crippen molar-refractivity contribution in [2.75, 3.05) is 12.4 Å². The summed E-state index contributed by atoms with van der Waals surface area (Å²) in [4.78, 5) is 11.1. The van der Waals surface area contributed by atoms with E-state index in [-0.39, 0.29) is 11.3 Å². The average Bonchev–Trinajstić information content (AvgIpc) is 2.46. The standard InChI is InChI=1S/C16H16FNO3/c1-10-12(16(19)20)4-3-5-14(10)18-9-11-6-7-15(21-2)13(17)8-11/h3-8,18H,9H2,1-2H3,(H,19,20). The molecular weight excluding hydrogens is 273 g/mol. The summed E-state index contributed by atoms with van der Waals surface area (Å²) in [6.45, 7) is 2.13. The van der Waals surface area contributed by atoms with E-state index in [1.807, 2.05) is 0 Å². The van der Waals surface area contributed by atoms with E-state index in [4.69, 9.17) is 9.84 Å². The van der Waals surface area contributed by atoms with Crippen LogP contribution < -0.4 is 10.1 Å². The second-order valence-corrected chi connectivity index (χ2v) is 4.61. The summed E-state index contributed by atoms with van der Waals surface area (Å²) in [6.07, 6.45) is 0. The summed E-state index contributed by atoms with van der Waals surface area (Å²) < 4.78 is 18.5. The van der Waals surface area contributed by atoms with Gasteiger partial charge in [-0.25, -0.2) is 9.18 Å². The molecule has 110 valence electrons. The molecule has 21 heavy (non-hydrogen) atoms. The van der Waals surface area contributed by atoms with Crippen molar-refractivity contribution in [3.8, 4) is 5.75 Å². The van der Waals surface area contributed by atoms with Gasteiger partial charge in [0.05, 0.1) is 12.7 Å². The van der Waals surface area contributed by atoms with Gasteiger partial charge in [-0.1, -0.05) is 12.1 Å². The van der Waals surface area contributed by atoms with Gasteiger partial charge in [0.25, 0.3) is 0 Å². The zero-order valence-electron chi connectivity index (χ0n) is 11.8. The number of halogens is 1. The van der Waals surface area contributed by atoms with Crippen molar-refractivity contribution < 1.29 is 19.0 Å². The Morgan fingerprint density at radius 1 is 1.33 bits per heavy atom. The lowest BCUT2D eigenvalue weighted by Crippen LogP contribution is -2.06. The Morgan fingerprint density at radius 2 is 2.10 bits per heavy atom. The van der Waals surface area contributed by atoms with Gasteiger partial charge in [-0.2, -0.15) is 0 Å². The molecule has 0 bridgehead atoms. The SMILES string of the molecule is COc1ccc(CNc2cccc(C(=O)O)c2C)cc1F. The third-order valence-corrected chi connectivity index (χ3v) is 3.26. The highest BCUT2D eigenvalue weighted by molar-refractivity contribution is 5.91. The maximum Gasteiger partial charge on any atom is 0.336 e. The Bertz CT molecular complexity index is 671. The summed E-state index contributed by atoms with van der Waals surface area (Å²) >= 11 is 0. The van der Waals surface area contributed by atoms with Gasteiger partial charge in [0.1, 0.15) is 0 Å². The first-order valence-electron chi connectivity index (χ1n) is 6.42. The number of anilines is 1. The molecule has 2 rings (SSSR count). The van der Waals surface area contributed by atoms with Crippen LogP contribution in [0.15, 0.2) is 36.4 Å². The Hall–Kier alpha value is -2.56. The van der Waals surface area contributed by atoms with Crippen molar-refractivity contribution in [2.24, 2.45) is 0 Å². The number of hydrogen-bond donors (Lipinski definition) is 2. The van der Waals surface area contributed by atoms with Crippen molar-refractivity contribution >= 4 is 11.7 Å². The molecule has 0 aliphatic rings. The molecule has 2 aromatic rings. The molecular formula is C16H16FNO3. The molecule has 0 aliphatic heterocycles. The van der Waals surface area contributed by atoms with Crippen LogP contribution in [0, 0.1) is 12.7 Å². The minimum Gasteiger partial charge on any atom is -0.494 e. The summed E-state index contributed by atoms with van der Waals surface area (Å²) in [5.74, 6) is -1.19. The minimum atomic E-state index is -0.966. The van der Waals surface area contributed by atoms with E-state index in [2.05, 4.69) is 5.32 Å². The molecule has 0 saturated carbocycles. The second kappa shape index (κ2) is 6.26. The fraction of sp³-hybridized carbons (Fsp3) is 0.188. The van der Waals surface area contributed by atoms with E-state index < -0.39 is 11.8 Å². The van der Waals surface area contributed by atoms with Crippen LogP contribution in [0.4, 0.5) is 10.1 Å². The smallest absolute Gasteiger partial charge is 0.336 e. The molecule has 4 nitrogen and oxygen atoms in total. The molecule has 0 amide bonds. The minimum absolute atomic E-state index is 0.197. The quantitative estimate of drug-likeness (QED) is 0.885. The third kappa shape index (κ3) is 3.31. The van der Waals surface area contributed by atoms with Crippen LogP contribution in [0.5, 0.6) is 5.75 Å². The van der Waals surface area contributed by atoms with Crippen LogP contribution in [0.3, 0.4) is 0 Å². The molecule has 0 spiro atoms. The normalized spacial score (nSPS) is 10.2. The number of carboxylic acids is 1. The fourth-order valence-corrected chi connectivity index (χ4v) is 2.08. The van der Waals surface area contributed by atoms with Gasteiger partial charge < -0.3 is 15.2 Å². The lowest BCUT2D eigenvalue weighted by atomic mass is 10.1. The van der Waals surface area contributed by atoms with Crippen LogP contribution >= 0.6 is 0 Å². The first-order chi connectivity index (χ1) is 10.0. The number of rotatable bonds is 5. The van der Waals surface area contributed by atoms with Gasteiger partial charge in [0, 0.05) is 12.2 Å². The predicted molar refractivity (Wildman–Crippen MR) is 78.4 cm³/mol. The summed E-state index contributed by atoms with van der Waals surface area (Å²) in [6, 6.07) is 9.73. The summed E-state index contributed by atoms with van der Waals surface area (Å²) in [5.41, 5.74) is 2.36. The molecule has 0 atom stereocenters. The first-order valence-corrected chi connectivity index (χ1v) is 6.42. The largest absolute Gasteiger partial charge is 0.494 e. The van der Waals surface area contributed by atoms with Gasteiger partial charge in [0.2, 0.25) is 0 Å². The molecule has 2 N–H and O–H groups in total. The van der Waals surface area contributed by atoms with Gasteiger partial charge in [-0.15, -0.1) is 0 Å². The molecule has 0 saturated heterocycles. The maximum atomic E-state index is 13.6. The van der Waals surface area contributed by atoms with Crippen molar-refractivity contribution in [1.29, 1.82) is 0 Å². The fourth-order valence-electron chi connectivity index (χ4n) is 2.08. The number of hydrogen-bond acceptors (Lipinski definition) is 3. The zero-order valence-corrected chi connectivity index (χ0v) is 11.8. The first kappa shape index (κ1) is 14.8. The van der Waals surface area contributed by atoms with Crippen LogP contribution in [0.1, 0.15) is 21.5 Å². The Balaban J connectivity index is 2.15. The molecule has 0 radical (unpaired) electrons. The Morgan fingerprint density at radius 3 is 2.71 bits per heavy atom. The second-order valence-electron chi connectivity index (χ2n) is 4.61. The van der Waals surface area contributed by atoms with E-state index in [0.29, 0.717) is 17.8 Å². The number of carboxylic acid groups (broad SMARTS) is 1. The van der Waals surface area contributed by atoms with E-state index in [1.54, 1.807) is 37.3 Å². The van der Waals surface area contributed by atoms with E-state index in [9.17, 15) is 9.18 Å². The van der Waals surface area contributed by atoms with Gasteiger partial charge >= 0.3 is 5.97 Å². The summed E-state index contributed by atoms with van der Waals surface area (Å²) in [7, 11) is 1.41. The average molecular weight is 289 g/mol. The van der Waals surface area contributed by atoms with E-state index in [0.717, 1.165) is 5.56 Å². The predicted octanol–water partition coefficient (Wildman–Crippen LogP) is 3.45. The molecule has 5 heteroatoms. The van der Waals surface area contributed by atoms with E-state index in [1.165, 1.54) is 13.2 Å². The van der Waals surface area contributed by atoms with Gasteiger partial charge in [-0.05, 0) is 42.3 Å².